The van der Waals surface area contributed by atoms with Gasteiger partial charge in [0.2, 0.25) is 0 Å². The topological polar surface area (TPSA) is 48.1 Å². The van der Waals surface area contributed by atoms with Crippen LogP contribution in [0.3, 0.4) is 0 Å². The van der Waals surface area contributed by atoms with E-state index in [1.54, 1.807) is 0 Å². The molecule has 1 heterocycles. The van der Waals surface area contributed by atoms with Gasteiger partial charge in [-0.15, -0.1) is 0 Å². The molecule has 2 rings (SSSR count). The molecule has 19 heavy (non-hydrogen) atoms. The van der Waals surface area contributed by atoms with Gasteiger partial charge in [0, 0.05) is 21.8 Å². The lowest BCUT2D eigenvalue weighted by molar-refractivity contribution is 0.296. The van der Waals surface area contributed by atoms with Crippen molar-refractivity contribution in [1.82, 2.24) is 4.98 Å². The van der Waals surface area contributed by atoms with Crippen LogP contribution in [0, 0.1) is 6.92 Å². The maximum Gasteiger partial charge on any atom is 0.130 e. The van der Waals surface area contributed by atoms with Crippen LogP contribution in [0.4, 0.5) is 0 Å². The van der Waals surface area contributed by atoms with Gasteiger partial charge in [0.1, 0.15) is 12.4 Å². The minimum Gasteiger partial charge on any atom is -0.487 e. The second-order valence-electron chi connectivity index (χ2n) is 4.53. The number of aryl methyl sites for hydroxylation is 1. The van der Waals surface area contributed by atoms with Gasteiger partial charge in [-0.25, -0.2) is 0 Å². The van der Waals surface area contributed by atoms with Gasteiger partial charge in [-0.05, 0) is 38.1 Å². The molecule has 100 valence electrons. The highest BCUT2D eigenvalue weighted by Crippen LogP contribution is 2.28. The van der Waals surface area contributed by atoms with Gasteiger partial charge < -0.3 is 10.5 Å². The minimum absolute atomic E-state index is 0.0615. The summed E-state index contributed by atoms with van der Waals surface area (Å²) in [5, 5.41) is 0. The second kappa shape index (κ2) is 6.17. The molecule has 2 N–H and O–H groups in total. The molecule has 0 unspecified atom stereocenters. The van der Waals surface area contributed by atoms with Crippen molar-refractivity contribution in [3.63, 3.8) is 0 Å². The van der Waals surface area contributed by atoms with Crippen molar-refractivity contribution in [3.05, 3.63) is 57.8 Å². The lowest BCUT2D eigenvalue weighted by Gasteiger charge is -2.14. The van der Waals surface area contributed by atoms with Crippen molar-refractivity contribution >= 4 is 15.9 Å². The Labute approximate surface area is 121 Å². The van der Waals surface area contributed by atoms with Crippen LogP contribution in [0.5, 0.6) is 5.75 Å². The largest absolute Gasteiger partial charge is 0.487 e. The number of benzene rings is 1. The maximum atomic E-state index is 5.95. The van der Waals surface area contributed by atoms with Gasteiger partial charge in [0.25, 0.3) is 0 Å². The number of nitrogens with two attached hydrogens (primary N) is 1. The van der Waals surface area contributed by atoms with Crippen molar-refractivity contribution in [2.45, 2.75) is 26.5 Å². The van der Waals surface area contributed by atoms with Crippen molar-refractivity contribution in [2.24, 2.45) is 5.73 Å². The molecular formula is C15H17BrN2O. The molecule has 0 saturated carbocycles. The monoisotopic (exact) mass is 320 g/mol. The fourth-order valence-corrected chi connectivity index (χ4v) is 2.18. The molecule has 0 aliphatic carbocycles. The Morgan fingerprint density at radius 1 is 1.32 bits per heavy atom. The van der Waals surface area contributed by atoms with Crippen LogP contribution in [0.25, 0.3) is 0 Å². The van der Waals surface area contributed by atoms with Gasteiger partial charge in [0.05, 0.1) is 5.69 Å². The molecule has 3 nitrogen and oxygen atoms in total. The Kier molecular flexibility index (Phi) is 4.56. The van der Waals surface area contributed by atoms with E-state index in [9.17, 15) is 0 Å². The zero-order chi connectivity index (χ0) is 13.8. The second-order valence-corrected chi connectivity index (χ2v) is 5.45. The van der Waals surface area contributed by atoms with E-state index in [-0.39, 0.29) is 6.04 Å². The molecule has 1 atom stereocenters. The first-order valence-electron chi connectivity index (χ1n) is 6.16. The third-order valence-corrected chi connectivity index (χ3v) is 3.28. The molecule has 0 aliphatic rings. The van der Waals surface area contributed by atoms with Crippen molar-refractivity contribution in [1.29, 1.82) is 0 Å². The number of nitrogens with zero attached hydrogens (tertiary/aromatic N) is 1. The predicted octanol–water partition coefficient (Wildman–Crippen LogP) is 3.75. The summed E-state index contributed by atoms with van der Waals surface area (Å²) in [6.45, 7) is 4.36. The molecule has 0 aliphatic heterocycles. The molecule has 0 spiro atoms. The highest BCUT2D eigenvalue weighted by molar-refractivity contribution is 9.10. The van der Waals surface area contributed by atoms with Gasteiger partial charge in [-0.3, -0.25) is 4.98 Å². The Morgan fingerprint density at radius 3 is 2.79 bits per heavy atom. The Morgan fingerprint density at radius 2 is 2.11 bits per heavy atom. The average Bonchev–Trinajstić information content (AvgIpc) is 2.36. The van der Waals surface area contributed by atoms with E-state index < -0.39 is 0 Å². The number of rotatable bonds is 4. The first kappa shape index (κ1) is 14.0. The van der Waals surface area contributed by atoms with Crippen molar-refractivity contribution in [3.8, 4) is 5.75 Å². The number of ether oxygens (including phenoxy) is 1. The highest BCUT2D eigenvalue weighted by atomic mass is 79.9. The summed E-state index contributed by atoms with van der Waals surface area (Å²) in [5.74, 6) is 0.799. The third kappa shape index (κ3) is 3.78. The SMILES string of the molecule is Cc1cccc(COc2cc(Br)ccc2[C@H](C)N)n1. The first-order chi connectivity index (χ1) is 9.06. The smallest absolute Gasteiger partial charge is 0.130 e. The Hall–Kier alpha value is -1.39. The minimum atomic E-state index is -0.0615. The summed E-state index contributed by atoms with van der Waals surface area (Å²) in [4.78, 5) is 4.42. The number of hydrogen-bond acceptors (Lipinski definition) is 3. The number of pyridine rings is 1. The summed E-state index contributed by atoms with van der Waals surface area (Å²) in [5.41, 5.74) is 8.84. The number of hydrogen-bond donors (Lipinski definition) is 1. The molecule has 1 aromatic carbocycles. The predicted molar refractivity (Wildman–Crippen MR) is 80.1 cm³/mol. The zero-order valence-electron chi connectivity index (χ0n) is 11.1. The first-order valence-corrected chi connectivity index (χ1v) is 6.96. The van der Waals surface area contributed by atoms with E-state index in [0.29, 0.717) is 6.61 Å². The summed E-state index contributed by atoms with van der Waals surface area (Å²) in [6, 6.07) is 11.7. The highest BCUT2D eigenvalue weighted by Gasteiger charge is 2.09. The standard InChI is InChI=1S/C15H17BrN2O/c1-10-4-3-5-13(18-10)9-19-15-8-12(16)6-7-14(15)11(2)17/h3-8,11H,9,17H2,1-2H3/t11-/m0/s1. The van der Waals surface area contributed by atoms with E-state index in [1.165, 1.54) is 0 Å². The summed E-state index contributed by atoms with van der Waals surface area (Å²) >= 11 is 3.45. The molecule has 0 fully saturated rings. The molecule has 0 radical (unpaired) electrons. The van der Waals surface area contributed by atoms with Crippen molar-refractivity contribution in [2.75, 3.05) is 0 Å². The number of aromatic nitrogens is 1. The maximum absolute atomic E-state index is 5.95. The quantitative estimate of drug-likeness (QED) is 0.933. The van der Waals surface area contributed by atoms with Gasteiger partial charge in [0.15, 0.2) is 0 Å². The van der Waals surface area contributed by atoms with Crippen LogP contribution in [-0.2, 0) is 6.61 Å². The zero-order valence-corrected chi connectivity index (χ0v) is 12.6. The summed E-state index contributed by atoms with van der Waals surface area (Å²) < 4.78 is 6.82. The molecule has 2 aromatic rings. The summed E-state index contributed by atoms with van der Waals surface area (Å²) in [6.07, 6.45) is 0. The van der Waals surface area contributed by atoms with Gasteiger partial charge in [-0.1, -0.05) is 28.1 Å². The van der Waals surface area contributed by atoms with Crippen LogP contribution in [-0.4, -0.2) is 4.98 Å². The molecule has 1 aromatic heterocycles. The van der Waals surface area contributed by atoms with E-state index in [2.05, 4.69) is 20.9 Å². The molecular weight excluding hydrogens is 304 g/mol. The number of halogens is 1. The fraction of sp³-hybridized carbons (Fsp3) is 0.267. The average molecular weight is 321 g/mol. The molecule has 0 bridgehead atoms. The van der Waals surface area contributed by atoms with E-state index in [4.69, 9.17) is 10.5 Å². The molecule has 0 amide bonds. The third-order valence-electron chi connectivity index (χ3n) is 2.79. The van der Waals surface area contributed by atoms with Crippen LogP contribution in [0.2, 0.25) is 0 Å². The van der Waals surface area contributed by atoms with E-state index in [1.807, 2.05) is 50.2 Å². The normalized spacial score (nSPS) is 12.2. The molecule has 0 saturated heterocycles. The Bertz CT molecular complexity index is 570. The van der Waals surface area contributed by atoms with Gasteiger partial charge in [-0.2, -0.15) is 0 Å². The van der Waals surface area contributed by atoms with Crippen molar-refractivity contribution < 1.29 is 4.74 Å². The van der Waals surface area contributed by atoms with Crippen LogP contribution < -0.4 is 10.5 Å². The lowest BCUT2D eigenvalue weighted by atomic mass is 10.1. The van der Waals surface area contributed by atoms with E-state index in [0.717, 1.165) is 27.2 Å². The fourth-order valence-electron chi connectivity index (χ4n) is 1.84. The van der Waals surface area contributed by atoms with Gasteiger partial charge >= 0.3 is 0 Å². The Balaban J connectivity index is 2.17. The van der Waals surface area contributed by atoms with E-state index >= 15 is 0 Å². The van der Waals surface area contributed by atoms with Crippen LogP contribution >= 0.6 is 15.9 Å². The lowest BCUT2D eigenvalue weighted by Crippen LogP contribution is -2.08. The summed E-state index contributed by atoms with van der Waals surface area (Å²) in [7, 11) is 0. The van der Waals surface area contributed by atoms with Crippen LogP contribution in [0.15, 0.2) is 40.9 Å². The van der Waals surface area contributed by atoms with Crippen LogP contribution in [0.1, 0.15) is 29.9 Å². The molecule has 4 heteroatoms.